The SMILES string of the molecule is CI.COc1ccc(OC)c(C[C@@](O)(c2ccccc2)[C@H]2CNCCO2)c1. The third kappa shape index (κ3) is 5.34. The number of rotatable bonds is 6. The van der Waals surface area contributed by atoms with Crippen molar-refractivity contribution < 1.29 is 19.3 Å². The molecule has 0 unspecified atom stereocenters. The molecule has 0 amide bonds. The summed E-state index contributed by atoms with van der Waals surface area (Å²) < 4.78 is 16.7. The molecule has 6 heteroatoms. The summed E-state index contributed by atoms with van der Waals surface area (Å²) in [5, 5.41) is 15.0. The van der Waals surface area contributed by atoms with E-state index in [-0.39, 0.29) is 6.10 Å². The zero-order valence-electron chi connectivity index (χ0n) is 16.1. The van der Waals surface area contributed by atoms with E-state index in [9.17, 15) is 5.11 Å². The molecule has 1 aliphatic heterocycles. The van der Waals surface area contributed by atoms with Crippen LogP contribution >= 0.6 is 22.6 Å². The second-order valence-electron chi connectivity index (χ2n) is 6.21. The summed E-state index contributed by atoms with van der Waals surface area (Å²) in [4.78, 5) is 1.97. The fourth-order valence-corrected chi connectivity index (χ4v) is 3.31. The first-order valence-corrected chi connectivity index (χ1v) is 11.0. The summed E-state index contributed by atoms with van der Waals surface area (Å²) in [7, 11) is 3.26. The Bertz CT molecular complexity index is 692. The van der Waals surface area contributed by atoms with Crippen LogP contribution in [0.4, 0.5) is 0 Å². The fraction of sp³-hybridized carbons (Fsp3) is 0.429. The lowest BCUT2D eigenvalue weighted by atomic mass is 9.81. The minimum atomic E-state index is -1.17. The molecule has 2 atom stereocenters. The molecule has 2 N–H and O–H groups in total. The third-order valence-corrected chi connectivity index (χ3v) is 4.68. The van der Waals surface area contributed by atoms with Crippen LogP contribution < -0.4 is 14.8 Å². The third-order valence-electron chi connectivity index (χ3n) is 4.68. The van der Waals surface area contributed by atoms with E-state index >= 15 is 0 Å². The van der Waals surface area contributed by atoms with Crippen LogP contribution in [0.15, 0.2) is 48.5 Å². The maximum atomic E-state index is 11.7. The van der Waals surface area contributed by atoms with E-state index < -0.39 is 5.60 Å². The first-order chi connectivity index (χ1) is 13.2. The number of methoxy groups -OCH3 is 2. The average Bonchev–Trinajstić information content (AvgIpc) is 2.76. The fourth-order valence-electron chi connectivity index (χ4n) is 3.31. The highest BCUT2D eigenvalue weighted by Crippen LogP contribution is 2.36. The smallest absolute Gasteiger partial charge is 0.122 e. The molecule has 3 rings (SSSR count). The molecular formula is C21H28INO4. The Labute approximate surface area is 175 Å². The van der Waals surface area contributed by atoms with Gasteiger partial charge < -0.3 is 24.6 Å². The molecule has 1 heterocycles. The maximum absolute atomic E-state index is 11.7. The molecule has 27 heavy (non-hydrogen) atoms. The van der Waals surface area contributed by atoms with Crippen LogP contribution in [-0.2, 0) is 16.8 Å². The van der Waals surface area contributed by atoms with Crippen LogP contribution in [0.25, 0.3) is 0 Å². The van der Waals surface area contributed by atoms with E-state index in [1.807, 2.05) is 53.5 Å². The van der Waals surface area contributed by atoms with Gasteiger partial charge in [0.2, 0.25) is 0 Å². The Hall–Kier alpha value is -1.35. The van der Waals surface area contributed by atoms with Crippen LogP contribution in [0.1, 0.15) is 11.1 Å². The molecule has 0 spiro atoms. The van der Waals surface area contributed by atoms with Gasteiger partial charge in [0.25, 0.3) is 0 Å². The second-order valence-corrected chi connectivity index (χ2v) is 6.21. The van der Waals surface area contributed by atoms with E-state index in [4.69, 9.17) is 14.2 Å². The normalized spacial score (nSPS) is 18.6. The number of benzene rings is 2. The summed E-state index contributed by atoms with van der Waals surface area (Å²) in [5.74, 6) is 1.45. The quantitative estimate of drug-likeness (QED) is 0.487. The molecule has 0 saturated carbocycles. The standard InChI is InChI=1S/C20H25NO4.CH3I/c1-23-17-8-9-18(24-2)15(12-17)13-20(22,16-6-4-3-5-7-16)19-14-21-10-11-25-19;1-2/h3-9,12,19,21-22H,10-11,13-14H2,1-2H3;1H3/t19-,20-;/m1./s1. The Morgan fingerprint density at radius 2 is 1.89 bits per heavy atom. The molecule has 2 aromatic carbocycles. The van der Waals surface area contributed by atoms with Crippen molar-refractivity contribution in [3.63, 3.8) is 0 Å². The van der Waals surface area contributed by atoms with Gasteiger partial charge in [-0.3, -0.25) is 0 Å². The van der Waals surface area contributed by atoms with Gasteiger partial charge in [0, 0.05) is 25.1 Å². The molecule has 2 aromatic rings. The van der Waals surface area contributed by atoms with E-state index in [2.05, 4.69) is 27.9 Å². The lowest BCUT2D eigenvalue weighted by molar-refractivity contribution is -0.124. The number of morpholine rings is 1. The van der Waals surface area contributed by atoms with Crippen molar-refractivity contribution in [2.75, 3.05) is 38.8 Å². The molecule has 0 radical (unpaired) electrons. The summed E-state index contributed by atoms with van der Waals surface area (Å²) in [6, 6.07) is 15.3. The summed E-state index contributed by atoms with van der Waals surface area (Å²) in [5.41, 5.74) is 0.532. The van der Waals surface area contributed by atoms with Crippen molar-refractivity contribution in [2.45, 2.75) is 18.1 Å². The van der Waals surface area contributed by atoms with Gasteiger partial charge in [0.15, 0.2) is 0 Å². The molecule has 1 aliphatic rings. The van der Waals surface area contributed by atoms with Gasteiger partial charge in [0.1, 0.15) is 23.2 Å². The van der Waals surface area contributed by atoms with E-state index in [0.717, 1.165) is 29.2 Å². The average molecular weight is 485 g/mol. The molecule has 0 bridgehead atoms. The molecule has 5 nitrogen and oxygen atoms in total. The number of hydrogen-bond donors (Lipinski definition) is 2. The minimum Gasteiger partial charge on any atom is -0.497 e. The van der Waals surface area contributed by atoms with Crippen molar-refractivity contribution in [2.24, 2.45) is 0 Å². The predicted molar refractivity (Wildman–Crippen MR) is 116 cm³/mol. The monoisotopic (exact) mass is 485 g/mol. The van der Waals surface area contributed by atoms with Crippen LogP contribution in [0, 0.1) is 0 Å². The predicted octanol–water partition coefficient (Wildman–Crippen LogP) is 3.17. The molecule has 148 valence electrons. The van der Waals surface area contributed by atoms with Gasteiger partial charge in [-0.2, -0.15) is 0 Å². The van der Waals surface area contributed by atoms with Crippen LogP contribution in [0.2, 0.25) is 0 Å². The largest absolute Gasteiger partial charge is 0.497 e. The van der Waals surface area contributed by atoms with Gasteiger partial charge >= 0.3 is 0 Å². The van der Waals surface area contributed by atoms with Gasteiger partial charge in [-0.1, -0.05) is 52.9 Å². The Balaban J connectivity index is 0.00000126. The van der Waals surface area contributed by atoms with Crippen LogP contribution in [-0.4, -0.2) is 50.1 Å². The summed E-state index contributed by atoms with van der Waals surface area (Å²) in [6.45, 7) is 1.97. The van der Waals surface area contributed by atoms with Gasteiger partial charge in [-0.25, -0.2) is 0 Å². The second kappa shape index (κ2) is 10.8. The molecule has 1 saturated heterocycles. The number of aliphatic hydroxyl groups is 1. The Kier molecular flexibility index (Phi) is 8.82. The first-order valence-electron chi connectivity index (χ1n) is 8.86. The highest BCUT2D eigenvalue weighted by molar-refractivity contribution is 14.1. The molecule has 0 aromatic heterocycles. The maximum Gasteiger partial charge on any atom is 0.122 e. The Morgan fingerprint density at radius 3 is 2.48 bits per heavy atom. The van der Waals surface area contributed by atoms with Gasteiger partial charge in [0.05, 0.1) is 20.8 Å². The van der Waals surface area contributed by atoms with Crippen LogP contribution in [0.5, 0.6) is 11.5 Å². The lowest BCUT2D eigenvalue weighted by Crippen LogP contribution is -2.52. The van der Waals surface area contributed by atoms with E-state index in [1.165, 1.54) is 0 Å². The highest BCUT2D eigenvalue weighted by Gasteiger charge is 2.41. The molecule has 1 fully saturated rings. The number of ether oxygens (including phenoxy) is 3. The van der Waals surface area contributed by atoms with Gasteiger partial charge in [-0.05, 0) is 28.7 Å². The summed E-state index contributed by atoms with van der Waals surface area (Å²) in [6.07, 6.45) is 0.0172. The van der Waals surface area contributed by atoms with Crippen molar-refractivity contribution in [3.8, 4) is 11.5 Å². The van der Waals surface area contributed by atoms with Gasteiger partial charge in [-0.15, -0.1) is 0 Å². The number of nitrogens with one attached hydrogen (secondary N) is 1. The van der Waals surface area contributed by atoms with Crippen molar-refractivity contribution in [1.29, 1.82) is 0 Å². The summed E-state index contributed by atoms with van der Waals surface area (Å²) >= 11 is 2.15. The lowest BCUT2D eigenvalue weighted by Gasteiger charge is -2.39. The van der Waals surface area contributed by atoms with E-state index in [0.29, 0.717) is 19.6 Å². The Morgan fingerprint density at radius 1 is 1.15 bits per heavy atom. The number of halogens is 1. The molecular weight excluding hydrogens is 457 g/mol. The van der Waals surface area contributed by atoms with Crippen molar-refractivity contribution in [1.82, 2.24) is 5.32 Å². The van der Waals surface area contributed by atoms with Crippen molar-refractivity contribution in [3.05, 3.63) is 59.7 Å². The number of alkyl halides is 1. The van der Waals surface area contributed by atoms with E-state index in [1.54, 1.807) is 14.2 Å². The van der Waals surface area contributed by atoms with Crippen LogP contribution in [0.3, 0.4) is 0 Å². The topological polar surface area (TPSA) is 60.0 Å². The number of hydrogen-bond acceptors (Lipinski definition) is 5. The first kappa shape index (κ1) is 21.9. The molecule has 0 aliphatic carbocycles. The zero-order chi connectivity index (χ0) is 19.7. The van der Waals surface area contributed by atoms with Crippen molar-refractivity contribution >= 4 is 22.6 Å². The zero-order valence-corrected chi connectivity index (χ0v) is 18.2. The highest BCUT2D eigenvalue weighted by atomic mass is 127. The minimum absolute atomic E-state index is 0.348.